The lowest BCUT2D eigenvalue weighted by atomic mass is 9.93. The van der Waals surface area contributed by atoms with Crippen LogP contribution in [0.3, 0.4) is 0 Å². The van der Waals surface area contributed by atoms with Gasteiger partial charge in [0, 0.05) is 53.1 Å². The molecule has 0 spiro atoms. The van der Waals surface area contributed by atoms with E-state index in [4.69, 9.17) is 11.6 Å². The molecule has 2 heterocycles. The molecule has 0 unspecified atom stereocenters. The van der Waals surface area contributed by atoms with Crippen LogP contribution >= 0.6 is 11.6 Å². The van der Waals surface area contributed by atoms with Gasteiger partial charge in [0.2, 0.25) is 20.0 Å². The molecule has 2 aromatic rings. The number of nitrogens with zero attached hydrogens (tertiary/aromatic N) is 2. The largest absolute Gasteiger partial charge is 0.336 e. The zero-order chi connectivity index (χ0) is 25.5. The van der Waals surface area contributed by atoms with Gasteiger partial charge in [-0.1, -0.05) is 29.8 Å². The highest BCUT2D eigenvalue weighted by atomic mass is 35.5. The summed E-state index contributed by atoms with van der Waals surface area (Å²) in [4.78, 5) is 26.2. The van der Waals surface area contributed by atoms with Crippen LogP contribution in [-0.2, 0) is 31.4 Å². The molecule has 12 heteroatoms. The maximum atomic E-state index is 13.3. The van der Waals surface area contributed by atoms with Crippen molar-refractivity contribution in [1.82, 2.24) is 13.6 Å². The average molecular weight is 540 g/mol. The number of benzene rings is 1. The minimum atomic E-state index is -3.88. The molecule has 0 atom stereocenters. The van der Waals surface area contributed by atoms with Crippen LogP contribution < -0.4 is 4.72 Å². The van der Waals surface area contributed by atoms with E-state index in [9.17, 15) is 26.4 Å². The van der Waals surface area contributed by atoms with Crippen LogP contribution in [0.2, 0.25) is 5.02 Å². The van der Waals surface area contributed by atoms with Gasteiger partial charge < -0.3 is 4.57 Å². The van der Waals surface area contributed by atoms with E-state index in [1.165, 1.54) is 10.6 Å². The summed E-state index contributed by atoms with van der Waals surface area (Å²) in [6.45, 7) is 1.07. The average Bonchev–Trinajstić information content (AvgIpc) is 3.06. The first-order valence-electron chi connectivity index (χ1n) is 11.0. The van der Waals surface area contributed by atoms with Crippen molar-refractivity contribution in [2.75, 3.05) is 25.6 Å². The number of carbonyl (C=O) groups is 2. The van der Waals surface area contributed by atoms with Crippen molar-refractivity contribution in [2.24, 2.45) is 5.92 Å². The minimum absolute atomic E-state index is 0.0350. The Labute approximate surface area is 209 Å². The van der Waals surface area contributed by atoms with E-state index in [-0.39, 0.29) is 23.8 Å². The fourth-order valence-electron chi connectivity index (χ4n) is 4.69. The summed E-state index contributed by atoms with van der Waals surface area (Å²) in [6.07, 6.45) is 8.44. The summed E-state index contributed by atoms with van der Waals surface area (Å²) >= 11 is 6.28. The lowest BCUT2D eigenvalue weighted by molar-refractivity contribution is -0.113. The van der Waals surface area contributed by atoms with Crippen molar-refractivity contribution in [3.63, 3.8) is 0 Å². The fourth-order valence-corrected chi connectivity index (χ4v) is 6.17. The number of piperidine rings is 1. The zero-order valence-corrected chi connectivity index (χ0v) is 21.7. The number of aromatic nitrogens is 1. The van der Waals surface area contributed by atoms with Gasteiger partial charge in [-0.3, -0.25) is 9.59 Å². The van der Waals surface area contributed by atoms with Crippen LogP contribution in [0.5, 0.6) is 0 Å². The second kappa shape index (κ2) is 9.53. The number of carbonyl (C=O) groups excluding carboxylic acids is 2. The topological polar surface area (TPSA) is 123 Å². The number of fused-ring (bicyclic) bond motifs is 1. The Kier molecular flexibility index (Phi) is 6.98. The molecule has 9 nitrogen and oxygen atoms in total. The molecule has 1 fully saturated rings. The number of nitrogens with one attached hydrogen (secondary N) is 1. The van der Waals surface area contributed by atoms with Gasteiger partial charge in [0.25, 0.3) is 5.91 Å². The van der Waals surface area contributed by atoms with Crippen LogP contribution in [0.25, 0.3) is 16.5 Å². The van der Waals surface area contributed by atoms with E-state index >= 15 is 0 Å². The Bertz CT molecular complexity index is 1480. The van der Waals surface area contributed by atoms with E-state index in [0.717, 1.165) is 6.26 Å². The minimum Gasteiger partial charge on any atom is -0.336 e. The highest BCUT2D eigenvalue weighted by molar-refractivity contribution is 7.89. The molecular weight excluding hydrogens is 514 g/mol. The van der Waals surface area contributed by atoms with Gasteiger partial charge >= 0.3 is 0 Å². The molecule has 1 aromatic heterocycles. The molecule has 35 heavy (non-hydrogen) atoms. The number of hydrogen-bond acceptors (Lipinski definition) is 6. The van der Waals surface area contributed by atoms with Gasteiger partial charge in [-0.2, -0.15) is 0 Å². The Morgan fingerprint density at radius 1 is 1.14 bits per heavy atom. The Morgan fingerprint density at radius 3 is 2.43 bits per heavy atom. The molecule has 4 rings (SSSR count). The van der Waals surface area contributed by atoms with Crippen molar-refractivity contribution >= 4 is 59.8 Å². The lowest BCUT2D eigenvalue weighted by Crippen LogP contribution is -2.39. The first kappa shape index (κ1) is 25.6. The highest BCUT2D eigenvalue weighted by Crippen LogP contribution is 2.37. The lowest BCUT2D eigenvalue weighted by Gasteiger charge is -2.31. The second-order valence-electron chi connectivity index (χ2n) is 8.94. The third-order valence-electron chi connectivity index (χ3n) is 6.27. The zero-order valence-electron chi connectivity index (χ0n) is 19.3. The molecule has 1 amide bonds. The number of allylic oxidation sites excluding steroid dienone is 4. The summed E-state index contributed by atoms with van der Waals surface area (Å²) in [7, 11) is -7.17. The van der Waals surface area contributed by atoms with Gasteiger partial charge in [-0.05, 0) is 37.0 Å². The van der Waals surface area contributed by atoms with Gasteiger partial charge in [-0.15, -0.1) is 0 Å². The maximum Gasteiger partial charge on any atom is 0.282 e. The molecule has 1 N–H and O–H groups in total. The van der Waals surface area contributed by atoms with Crippen LogP contribution in [-0.4, -0.2) is 63.0 Å². The van der Waals surface area contributed by atoms with Gasteiger partial charge in [0.15, 0.2) is 5.78 Å². The van der Waals surface area contributed by atoms with E-state index in [2.05, 4.69) is 0 Å². The fraction of sp³-hybridized carbons (Fsp3) is 0.391. The number of ketones is 1. The molecule has 1 saturated heterocycles. The quantitative estimate of drug-likeness (QED) is 0.602. The number of amides is 1. The van der Waals surface area contributed by atoms with Crippen LogP contribution in [0.1, 0.15) is 35.3 Å². The normalized spacial score (nSPS) is 18.1. The van der Waals surface area contributed by atoms with Crippen molar-refractivity contribution in [3.05, 3.63) is 52.7 Å². The molecule has 1 aliphatic heterocycles. The molecule has 2 aliphatic rings. The van der Waals surface area contributed by atoms with E-state index in [1.54, 1.807) is 41.0 Å². The first-order valence-corrected chi connectivity index (χ1v) is 15.2. The molecule has 0 bridgehead atoms. The number of sulfonamides is 2. The van der Waals surface area contributed by atoms with Crippen molar-refractivity contribution in [2.45, 2.75) is 25.8 Å². The molecule has 1 aromatic carbocycles. The first-order chi connectivity index (χ1) is 16.3. The van der Waals surface area contributed by atoms with E-state index < -0.39 is 26.0 Å². The molecule has 0 radical (unpaired) electrons. The summed E-state index contributed by atoms with van der Waals surface area (Å²) < 4.78 is 52.9. The van der Waals surface area contributed by atoms with Crippen molar-refractivity contribution in [1.29, 1.82) is 0 Å². The Balaban J connectivity index is 1.87. The van der Waals surface area contributed by atoms with Crippen molar-refractivity contribution in [3.8, 4) is 0 Å². The van der Waals surface area contributed by atoms with E-state index in [0.29, 0.717) is 59.5 Å². The standard InChI is InChI=1S/C23H26ClN3O6S2/c1-34(30,31)25-23(29)22-21(17-5-3-4-6-20(17)28)18-13-16(24)7-8-19(18)27(22)14-15-9-11-26(12-10-15)35(2,32)33/h3-5,7-8,13,15H,6,9-12,14H2,1-2H3,(H,25,29). The predicted octanol–water partition coefficient (Wildman–Crippen LogP) is 2.57. The Morgan fingerprint density at radius 2 is 1.83 bits per heavy atom. The smallest absolute Gasteiger partial charge is 0.282 e. The van der Waals surface area contributed by atoms with Gasteiger partial charge in [0.1, 0.15) is 5.69 Å². The monoisotopic (exact) mass is 539 g/mol. The third-order valence-corrected chi connectivity index (χ3v) is 8.37. The van der Waals surface area contributed by atoms with E-state index in [1.807, 2.05) is 4.72 Å². The maximum absolute atomic E-state index is 13.3. The summed E-state index contributed by atoms with van der Waals surface area (Å²) in [5.74, 6) is -0.999. The number of halogens is 1. The third kappa shape index (κ3) is 5.53. The van der Waals surface area contributed by atoms with Crippen molar-refractivity contribution < 1.29 is 26.4 Å². The van der Waals surface area contributed by atoms with Crippen LogP contribution in [0.15, 0.2) is 36.4 Å². The summed E-state index contributed by atoms with van der Waals surface area (Å²) in [6, 6.07) is 5.08. The Hall–Kier alpha value is -2.47. The predicted molar refractivity (Wildman–Crippen MR) is 135 cm³/mol. The van der Waals surface area contributed by atoms with Crippen LogP contribution in [0, 0.1) is 5.92 Å². The molecule has 0 saturated carbocycles. The van der Waals surface area contributed by atoms with Gasteiger partial charge in [0.05, 0.1) is 12.5 Å². The number of rotatable bonds is 6. The summed E-state index contributed by atoms with van der Waals surface area (Å²) in [5, 5.41) is 0.978. The number of hydrogen-bond donors (Lipinski definition) is 1. The summed E-state index contributed by atoms with van der Waals surface area (Å²) in [5.41, 5.74) is 1.35. The van der Waals surface area contributed by atoms with Gasteiger partial charge in [-0.25, -0.2) is 25.9 Å². The van der Waals surface area contributed by atoms with Crippen LogP contribution in [0.4, 0.5) is 0 Å². The SMILES string of the molecule is CS(=O)(=O)NC(=O)c1c(C2=CC=CCC2=O)c2cc(Cl)ccc2n1CC1CCN(S(C)(=O)=O)CC1. The molecular formula is C23H26ClN3O6S2. The molecule has 1 aliphatic carbocycles. The highest BCUT2D eigenvalue weighted by Gasteiger charge is 2.32. The second-order valence-corrected chi connectivity index (χ2v) is 13.1. The molecule has 188 valence electrons. The number of Topliss-reactive ketones (excluding diaryl/α,β-unsaturated/α-hetero) is 1.